The summed E-state index contributed by atoms with van der Waals surface area (Å²) in [4.78, 5) is 6.70. The Bertz CT molecular complexity index is 150. The van der Waals surface area contributed by atoms with Crippen LogP contribution in [-0.2, 0) is 0 Å². The number of rotatable bonds is 1. The van der Waals surface area contributed by atoms with Crippen molar-refractivity contribution in [1.29, 1.82) is 0 Å². The lowest BCUT2D eigenvalue weighted by atomic mass is 10.1. The molecule has 0 amide bonds. The van der Waals surface area contributed by atoms with E-state index in [0.29, 0.717) is 6.04 Å². The fraction of sp³-hybridized carbons (Fsp3) is 0.889. The van der Waals surface area contributed by atoms with Crippen LogP contribution in [-0.4, -0.2) is 30.4 Å². The van der Waals surface area contributed by atoms with E-state index < -0.39 is 0 Å². The SMILES string of the molecule is CN=C1CCCCN1C(C)C. The van der Waals surface area contributed by atoms with Gasteiger partial charge in [0.05, 0.1) is 5.84 Å². The van der Waals surface area contributed by atoms with Crippen LogP contribution in [0.15, 0.2) is 4.99 Å². The van der Waals surface area contributed by atoms with Crippen LogP contribution in [0, 0.1) is 0 Å². The molecule has 0 aromatic heterocycles. The van der Waals surface area contributed by atoms with Gasteiger partial charge in [0.15, 0.2) is 0 Å². The van der Waals surface area contributed by atoms with E-state index in [1.807, 2.05) is 7.05 Å². The molecule has 0 aliphatic carbocycles. The number of aliphatic imine (C=N–C) groups is 1. The van der Waals surface area contributed by atoms with Crippen molar-refractivity contribution in [1.82, 2.24) is 4.90 Å². The maximum atomic E-state index is 4.29. The zero-order valence-electron chi connectivity index (χ0n) is 7.80. The highest BCUT2D eigenvalue weighted by Gasteiger charge is 2.17. The second-order valence-electron chi connectivity index (χ2n) is 3.38. The van der Waals surface area contributed by atoms with Crippen LogP contribution in [0.5, 0.6) is 0 Å². The van der Waals surface area contributed by atoms with Crippen LogP contribution in [0.25, 0.3) is 0 Å². The molecular weight excluding hydrogens is 136 g/mol. The standard InChI is InChI=1S/C9H18N2/c1-8(2)11-7-5-4-6-9(11)10-3/h8H,4-7H2,1-3H3. The molecule has 0 atom stereocenters. The minimum atomic E-state index is 0.619. The molecule has 64 valence electrons. The van der Waals surface area contributed by atoms with Gasteiger partial charge in [0.1, 0.15) is 0 Å². The van der Waals surface area contributed by atoms with Gasteiger partial charge in [-0.25, -0.2) is 0 Å². The smallest absolute Gasteiger partial charge is 0.0987 e. The molecule has 0 radical (unpaired) electrons. The highest BCUT2D eigenvalue weighted by atomic mass is 15.2. The average molecular weight is 154 g/mol. The van der Waals surface area contributed by atoms with E-state index in [-0.39, 0.29) is 0 Å². The number of likely N-dealkylation sites (tertiary alicyclic amines) is 1. The van der Waals surface area contributed by atoms with Crippen molar-refractivity contribution in [3.63, 3.8) is 0 Å². The predicted molar refractivity (Wildman–Crippen MR) is 49.1 cm³/mol. The van der Waals surface area contributed by atoms with E-state index >= 15 is 0 Å². The van der Waals surface area contributed by atoms with Gasteiger partial charge in [-0.05, 0) is 26.7 Å². The van der Waals surface area contributed by atoms with Gasteiger partial charge in [-0.1, -0.05) is 0 Å². The average Bonchev–Trinajstić information content (AvgIpc) is 2.04. The van der Waals surface area contributed by atoms with Gasteiger partial charge in [-0.15, -0.1) is 0 Å². The second-order valence-corrected chi connectivity index (χ2v) is 3.38. The van der Waals surface area contributed by atoms with Gasteiger partial charge in [0.25, 0.3) is 0 Å². The molecular formula is C9H18N2. The molecule has 1 saturated heterocycles. The van der Waals surface area contributed by atoms with Crippen molar-refractivity contribution in [2.75, 3.05) is 13.6 Å². The summed E-state index contributed by atoms with van der Waals surface area (Å²) in [6, 6.07) is 0.619. The fourth-order valence-electron chi connectivity index (χ4n) is 1.63. The van der Waals surface area contributed by atoms with Crippen LogP contribution in [0.3, 0.4) is 0 Å². The molecule has 0 N–H and O–H groups in total. The molecule has 1 rings (SSSR count). The minimum Gasteiger partial charge on any atom is -0.358 e. The third kappa shape index (κ3) is 1.95. The third-order valence-corrected chi connectivity index (χ3v) is 2.26. The Morgan fingerprint density at radius 1 is 1.36 bits per heavy atom. The number of amidine groups is 1. The summed E-state index contributed by atoms with van der Waals surface area (Å²) in [6.07, 6.45) is 3.82. The molecule has 0 bridgehead atoms. The van der Waals surface area contributed by atoms with Crippen molar-refractivity contribution < 1.29 is 0 Å². The van der Waals surface area contributed by atoms with E-state index in [4.69, 9.17) is 0 Å². The predicted octanol–water partition coefficient (Wildman–Crippen LogP) is 1.91. The zero-order valence-corrected chi connectivity index (χ0v) is 7.80. The van der Waals surface area contributed by atoms with Crippen LogP contribution < -0.4 is 0 Å². The second kappa shape index (κ2) is 3.74. The quantitative estimate of drug-likeness (QED) is 0.563. The summed E-state index contributed by atoms with van der Waals surface area (Å²) in [7, 11) is 1.90. The summed E-state index contributed by atoms with van der Waals surface area (Å²) in [5.74, 6) is 1.30. The maximum absolute atomic E-state index is 4.29. The molecule has 0 aromatic carbocycles. The lowest BCUT2D eigenvalue weighted by Crippen LogP contribution is -2.40. The van der Waals surface area contributed by atoms with Crippen molar-refractivity contribution in [2.24, 2.45) is 4.99 Å². The Morgan fingerprint density at radius 3 is 2.55 bits per heavy atom. The summed E-state index contributed by atoms with van der Waals surface area (Å²) < 4.78 is 0. The summed E-state index contributed by atoms with van der Waals surface area (Å²) >= 11 is 0. The first-order chi connectivity index (χ1) is 5.25. The summed E-state index contributed by atoms with van der Waals surface area (Å²) in [5.41, 5.74) is 0. The molecule has 2 nitrogen and oxygen atoms in total. The van der Waals surface area contributed by atoms with Crippen LogP contribution in [0.1, 0.15) is 33.1 Å². The number of nitrogens with zero attached hydrogens (tertiary/aromatic N) is 2. The van der Waals surface area contributed by atoms with Gasteiger partial charge in [0.2, 0.25) is 0 Å². The molecule has 1 aliphatic heterocycles. The Labute approximate surface area is 69.3 Å². The van der Waals surface area contributed by atoms with Crippen LogP contribution in [0.2, 0.25) is 0 Å². The van der Waals surface area contributed by atoms with Crippen molar-refractivity contribution >= 4 is 5.84 Å². The Kier molecular flexibility index (Phi) is 2.92. The number of hydrogen-bond acceptors (Lipinski definition) is 1. The Hall–Kier alpha value is -0.530. The summed E-state index contributed by atoms with van der Waals surface area (Å²) in [5, 5.41) is 0. The monoisotopic (exact) mass is 154 g/mol. The van der Waals surface area contributed by atoms with Crippen LogP contribution >= 0.6 is 0 Å². The maximum Gasteiger partial charge on any atom is 0.0987 e. The Balaban J connectivity index is 2.59. The van der Waals surface area contributed by atoms with E-state index in [1.54, 1.807) is 0 Å². The molecule has 0 saturated carbocycles. The highest BCUT2D eigenvalue weighted by molar-refractivity contribution is 5.83. The number of piperidine rings is 1. The largest absolute Gasteiger partial charge is 0.358 e. The van der Waals surface area contributed by atoms with Gasteiger partial charge in [-0.3, -0.25) is 4.99 Å². The van der Waals surface area contributed by atoms with E-state index in [0.717, 1.165) is 0 Å². The molecule has 1 heterocycles. The van der Waals surface area contributed by atoms with E-state index in [9.17, 15) is 0 Å². The number of hydrogen-bond donors (Lipinski definition) is 0. The van der Waals surface area contributed by atoms with Gasteiger partial charge in [-0.2, -0.15) is 0 Å². The first-order valence-corrected chi connectivity index (χ1v) is 4.48. The Morgan fingerprint density at radius 2 is 2.09 bits per heavy atom. The highest BCUT2D eigenvalue weighted by Crippen LogP contribution is 2.14. The molecule has 1 fully saturated rings. The van der Waals surface area contributed by atoms with Crippen molar-refractivity contribution in [2.45, 2.75) is 39.2 Å². The lowest BCUT2D eigenvalue weighted by Gasteiger charge is -2.33. The van der Waals surface area contributed by atoms with Crippen molar-refractivity contribution in [3.05, 3.63) is 0 Å². The topological polar surface area (TPSA) is 15.6 Å². The van der Waals surface area contributed by atoms with E-state index in [2.05, 4.69) is 23.7 Å². The minimum absolute atomic E-state index is 0.619. The molecule has 11 heavy (non-hydrogen) atoms. The normalized spacial score (nSPS) is 23.3. The molecule has 0 unspecified atom stereocenters. The molecule has 0 aromatic rings. The van der Waals surface area contributed by atoms with E-state index in [1.165, 1.54) is 31.6 Å². The molecule has 2 heteroatoms. The van der Waals surface area contributed by atoms with Gasteiger partial charge < -0.3 is 4.90 Å². The first kappa shape index (κ1) is 8.57. The summed E-state index contributed by atoms with van der Waals surface area (Å²) in [6.45, 7) is 5.66. The fourth-order valence-corrected chi connectivity index (χ4v) is 1.63. The molecule has 0 spiro atoms. The van der Waals surface area contributed by atoms with Gasteiger partial charge in [0, 0.05) is 26.1 Å². The zero-order chi connectivity index (χ0) is 8.27. The van der Waals surface area contributed by atoms with Gasteiger partial charge >= 0.3 is 0 Å². The third-order valence-electron chi connectivity index (χ3n) is 2.26. The first-order valence-electron chi connectivity index (χ1n) is 4.48. The van der Waals surface area contributed by atoms with Crippen molar-refractivity contribution in [3.8, 4) is 0 Å². The van der Waals surface area contributed by atoms with Crippen LogP contribution in [0.4, 0.5) is 0 Å². The lowest BCUT2D eigenvalue weighted by molar-refractivity contribution is 0.313. The molecule has 1 aliphatic rings.